The van der Waals surface area contributed by atoms with Crippen LogP contribution in [0, 0.1) is 0 Å². The van der Waals surface area contributed by atoms with Crippen LogP contribution in [0.15, 0.2) is 18.3 Å². The molecule has 1 fully saturated rings. The lowest BCUT2D eigenvalue weighted by Gasteiger charge is -2.21. The van der Waals surface area contributed by atoms with Gasteiger partial charge in [-0.05, 0) is 44.6 Å². The summed E-state index contributed by atoms with van der Waals surface area (Å²) >= 11 is 0. The lowest BCUT2D eigenvalue weighted by molar-refractivity contribution is 0.250. The lowest BCUT2D eigenvalue weighted by Crippen LogP contribution is -2.31. The highest BCUT2D eigenvalue weighted by Crippen LogP contribution is 2.07. The van der Waals surface area contributed by atoms with Gasteiger partial charge in [0, 0.05) is 32.4 Å². The third-order valence-corrected chi connectivity index (χ3v) is 3.55. The zero-order chi connectivity index (χ0) is 12.8. The van der Waals surface area contributed by atoms with Gasteiger partial charge in [-0.1, -0.05) is 6.07 Å². The minimum absolute atomic E-state index is 0.568. The van der Waals surface area contributed by atoms with Crippen molar-refractivity contribution < 1.29 is 0 Å². The molecule has 1 saturated heterocycles. The second kappa shape index (κ2) is 6.83. The van der Waals surface area contributed by atoms with Crippen LogP contribution in [0.25, 0.3) is 0 Å². The number of likely N-dealkylation sites (N-methyl/N-ethyl adjacent to an activating group) is 1. The number of nitrogens with two attached hydrogens (primary N) is 1. The van der Waals surface area contributed by atoms with Crippen LogP contribution < -0.4 is 5.73 Å². The molecule has 4 nitrogen and oxygen atoms in total. The van der Waals surface area contributed by atoms with Crippen LogP contribution >= 0.6 is 0 Å². The first kappa shape index (κ1) is 13.5. The molecule has 0 aliphatic carbocycles. The Labute approximate surface area is 110 Å². The van der Waals surface area contributed by atoms with E-state index in [1.807, 2.05) is 6.20 Å². The molecule has 0 spiro atoms. The largest absolute Gasteiger partial charge is 0.326 e. The van der Waals surface area contributed by atoms with Gasteiger partial charge in [0.2, 0.25) is 0 Å². The number of likely N-dealkylation sites (tertiary alicyclic amines) is 1. The Hall–Kier alpha value is -0.970. The van der Waals surface area contributed by atoms with Gasteiger partial charge in [0.15, 0.2) is 0 Å². The summed E-state index contributed by atoms with van der Waals surface area (Å²) in [5, 5.41) is 0. The van der Waals surface area contributed by atoms with E-state index in [9.17, 15) is 0 Å². The zero-order valence-electron chi connectivity index (χ0n) is 11.3. The summed E-state index contributed by atoms with van der Waals surface area (Å²) in [7, 11) is 2.16. The Balaban J connectivity index is 1.73. The average molecular weight is 248 g/mol. The molecule has 18 heavy (non-hydrogen) atoms. The minimum atomic E-state index is 0.568. The van der Waals surface area contributed by atoms with Crippen molar-refractivity contribution >= 4 is 0 Å². The normalized spacial score (nSPS) is 16.6. The van der Waals surface area contributed by atoms with Gasteiger partial charge in [-0.15, -0.1) is 0 Å². The van der Waals surface area contributed by atoms with Gasteiger partial charge in [0.25, 0.3) is 0 Å². The predicted molar refractivity (Wildman–Crippen MR) is 74.1 cm³/mol. The summed E-state index contributed by atoms with van der Waals surface area (Å²) < 4.78 is 0. The SMILES string of the molecule is CN(CCN1CCCC1)Cc1ccc(CN)cn1. The highest BCUT2D eigenvalue weighted by Gasteiger charge is 2.11. The van der Waals surface area contributed by atoms with Crippen molar-refractivity contribution in [1.82, 2.24) is 14.8 Å². The Kier molecular flexibility index (Phi) is 5.11. The maximum atomic E-state index is 5.56. The fourth-order valence-corrected chi connectivity index (χ4v) is 2.34. The fourth-order valence-electron chi connectivity index (χ4n) is 2.34. The molecule has 4 heteroatoms. The quantitative estimate of drug-likeness (QED) is 0.818. The maximum absolute atomic E-state index is 5.56. The highest BCUT2D eigenvalue weighted by atomic mass is 15.2. The highest BCUT2D eigenvalue weighted by molar-refractivity contribution is 5.13. The molecule has 1 aromatic heterocycles. The smallest absolute Gasteiger partial charge is 0.0544 e. The Bertz CT molecular complexity index is 343. The van der Waals surface area contributed by atoms with Crippen LogP contribution in [0.2, 0.25) is 0 Å². The molecule has 2 heterocycles. The number of nitrogens with zero attached hydrogens (tertiary/aromatic N) is 3. The second-order valence-electron chi connectivity index (χ2n) is 5.15. The van der Waals surface area contributed by atoms with Gasteiger partial charge in [0.05, 0.1) is 5.69 Å². The maximum Gasteiger partial charge on any atom is 0.0544 e. The third kappa shape index (κ3) is 4.05. The summed E-state index contributed by atoms with van der Waals surface area (Å²) in [6.45, 7) is 6.32. The molecule has 2 N–H and O–H groups in total. The summed E-state index contributed by atoms with van der Waals surface area (Å²) in [5.74, 6) is 0. The topological polar surface area (TPSA) is 45.4 Å². The van der Waals surface area contributed by atoms with Crippen molar-refractivity contribution in [2.75, 3.05) is 33.2 Å². The van der Waals surface area contributed by atoms with Crippen LogP contribution in [0.4, 0.5) is 0 Å². The first-order valence-corrected chi connectivity index (χ1v) is 6.82. The Morgan fingerprint density at radius 3 is 2.72 bits per heavy atom. The van der Waals surface area contributed by atoms with Gasteiger partial charge < -0.3 is 10.6 Å². The van der Waals surface area contributed by atoms with Gasteiger partial charge >= 0.3 is 0 Å². The lowest BCUT2D eigenvalue weighted by atomic mass is 10.2. The molecule has 0 aromatic carbocycles. The van der Waals surface area contributed by atoms with Crippen LogP contribution in [0.5, 0.6) is 0 Å². The molecule has 0 atom stereocenters. The standard InChI is InChI=1S/C14H24N4/c1-17(8-9-18-6-2-3-7-18)12-14-5-4-13(10-15)11-16-14/h4-5,11H,2-3,6-10,12,15H2,1H3. The molecule has 0 bridgehead atoms. The van der Waals surface area contributed by atoms with Crippen molar-refractivity contribution in [1.29, 1.82) is 0 Å². The molecule has 1 aromatic rings. The Morgan fingerprint density at radius 1 is 1.33 bits per heavy atom. The van der Waals surface area contributed by atoms with E-state index in [0.29, 0.717) is 6.54 Å². The molecule has 0 radical (unpaired) electrons. The number of hydrogen-bond donors (Lipinski definition) is 1. The number of pyridine rings is 1. The monoisotopic (exact) mass is 248 g/mol. The molecule has 0 amide bonds. The van der Waals surface area contributed by atoms with Gasteiger partial charge in [-0.25, -0.2) is 0 Å². The van der Waals surface area contributed by atoms with E-state index in [0.717, 1.165) is 24.3 Å². The van der Waals surface area contributed by atoms with E-state index < -0.39 is 0 Å². The summed E-state index contributed by atoms with van der Waals surface area (Å²) in [6.07, 6.45) is 4.61. The van der Waals surface area contributed by atoms with E-state index in [-0.39, 0.29) is 0 Å². The molecule has 1 aliphatic heterocycles. The fraction of sp³-hybridized carbons (Fsp3) is 0.643. The van der Waals surface area contributed by atoms with Crippen molar-refractivity contribution in [3.05, 3.63) is 29.6 Å². The van der Waals surface area contributed by atoms with Gasteiger partial charge in [0.1, 0.15) is 0 Å². The van der Waals surface area contributed by atoms with E-state index in [2.05, 4.69) is 34.0 Å². The summed E-state index contributed by atoms with van der Waals surface area (Å²) in [4.78, 5) is 9.31. The minimum Gasteiger partial charge on any atom is -0.326 e. The van der Waals surface area contributed by atoms with Crippen LogP contribution in [-0.2, 0) is 13.1 Å². The Morgan fingerprint density at radius 2 is 2.11 bits per heavy atom. The molecular formula is C14H24N4. The number of hydrogen-bond acceptors (Lipinski definition) is 4. The van der Waals surface area contributed by atoms with Crippen molar-refractivity contribution in [2.45, 2.75) is 25.9 Å². The molecule has 1 aliphatic rings. The zero-order valence-corrected chi connectivity index (χ0v) is 11.3. The second-order valence-corrected chi connectivity index (χ2v) is 5.15. The number of rotatable bonds is 6. The first-order chi connectivity index (χ1) is 8.78. The van der Waals surface area contributed by atoms with Crippen molar-refractivity contribution in [3.8, 4) is 0 Å². The van der Waals surface area contributed by atoms with Crippen molar-refractivity contribution in [3.63, 3.8) is 0 Å². The first-order valence-electron chi connectivity index (χ1n) is 6.82. The summed E-state index contributed by atoms with van der Waals surface area (Å²) in [6, 6.07) is 4.14. The molecule has 100 valence electrons. The van der Waals surface area contributed by atoms with E-state index in [4.69, 9.17) is 5.73 Å². The molecule has 2 rings (SSSR count). The van der Waals surface area contributed by atoms with E-state index in [1.165, 1.54) is 32.5 Å². The predicted octanol–water partition coefficient (Wildman–Crippen LogP) is 1.07. The number of aromatic nitrogens is 1. The van der Waals surface area contributed by atoms with Crippen LogP contribution in [0.1, 0.15) is 24.1 Å². The molecule has 0 unspecified atom stereocenters. The van der Waals surface area contributed by atoms with Crippen LogP contribution in [-0.4, -0.2) is 48.0 Å². The van der Waals surface area contributed by atoms with E-state index >= 15 is 0 Å². The average Bonchev–Trinajstić information content (AvgIpc) is 2.90. The third-order valence-electron chi connectivity index (χ3n) is 3.55. The molecular weight excluding hydrogens is 224 g/mol. The van der Waals surface area contributed by atoms with E-state index in [1.54, 1.807) is 0 Å². The van der Waals surface area contributed by atoms with Gasteiger partial charge in [-0.2, -0.15) is 0 Å². The van der Waals surface area contributed by atoms with Crippen LogP contribution in [0.3, 0.4) is 0 Å². The summed E-state index contributed by atoms with van der Waals surface area (Å²) in [5.41, 5.74) is 7.78. The van der Waals surface area contributed by atoms with Gasteiger partial charge in [-0.3, -0.25) is 9.88 Å². The molecule has 0 saturated carbocycles. The van der Waals surface area contributed by atoms with Crippen molar-refractivity contribution in [2.24, 2.45) is 5.73 Å².